The molecule has 1 unspecified atom stereocenters. The number of benzene rings is 1. The SMILES string of the molecule is CCOC(=O)[C@@]1(OCC)C[C@@]2(C=CC(=O)C([Se]c3ccccc3)C2)C(=O)O1. The van der Waals surface area contributed by atoms with Crippen molar-refractivity contribution in [3.63, 3.8) is 0 Å². The molecule has 0 saturated carbocycles. The minimum atomic E-state index is -1.74. The summed E-state index contributed by atoms with van der Waals surface area (Å²) >= 11 is -0.128. The van der Waals surface area contributed by atoms with E-state index < -0.39 is 23.1 Å². The van der Waals surface area contributed by atoms with E-state index in [4.69, 9.17) is 14.2 Å². The van der Waals surface area contributed by atoms with Crippen molar-refractivity contribution < 1.29 is 28.6 Å². The van der Waals surface area contributed by atoms with Crippen LogP contribution in [0.25, 0.3) is 0 Å². The van der Waals surface area contributed by atoms with Gasteiger partial charge in [-0.2, -0.15) is 0 Å². The number of allylic oxidation sites excluding steroid dienone is 1. The van der Waals surface area contributed by atoms with Crippen molar-refractivity contribution in [3.8, 4) is 0 Å². The van der Waals surface area contributed by atoms with Gasteiger partial charge in [-0.15, -0.1) is 0 Å². The Labute approximate surface area is 164 Å². The molecule has 1 fully saturated rings. The van der Waals surface area contributed by atoms with E-state index >= 15 is 0 Å². The molecule has 1 aromatic carbocycles. The predicted octanol–water partition coefficient (Wildman–Crippen LogP) is 1.56. The molecular weight excluding hydrogens is 415 g/mol. The summed E-state index contributed by atoms with van der Waals surface area (Å²) in [5, 5.41) is 0. The number of carbonyl (C=O) groups is 3. The molecule has 0 N–H and O–H groups in total. The Balaban J connectivity index is 1.86. The van der Waals surface area contributed by atoms with Crippen LogP contribution in [0.5, 0.6) is 0 Å². The van der Waals surface area contributed by atoms with E-state index in [2.05, 4.69) is 0 Å². The van der Waals surface area contributed by atoms with Crippen molar-refractivity contribution in [1.29, 1.82) is 0 Å². The molecule has 1 spiro atoms. The van der Waals surface area contributed by atoms with Gasteiger partial charge in [-0.05, 0) is 0 Å². The molecule has 1 aromatic rings. The van der Waals surface area contributed by atoms with Crippen molar-refractivity contribution in [1.82, 2.24) is 0 Å². The normalized spacial score (nSPS) is 29.8. The second-order valence-electron chi connectivity index (χ2n) is 6.49. The Morgan fingerprint density at radius 3 is 2.63 bits per heavy atom. The maximum absolute atomic E-state index is 12.8. The van der Waals surface area contributed by atoms with Crippen molar-refractivity contribution in [2.24, 2.45) is 5.41 Å². The van der Waals surface area contributed by atoms with Gasteiger partial charge in [0.1, 0.15) is 0 Å². The predicted molar refractivity (Wildman–Crippen MR) is 98.5 cm³/mol. The Bertz CT molecular complexity index is 761. The van der Waals surface area contributed by atoms with Gasteiger partial charge in [-0.1, -0.05) is 0 Å². The number of carbonyl (C=O) groups excluding carboxylic acids is 3. The standard InChI is InChI=1S/C20H22O6Se/c1-3-24-18(23)20(25-4-2)13-19(17(22)26-20)11-10-15(21)16(12-19)27-14-8-6-5-7-9-14/h5-11,16H,3-4,12-13H2,1-2H3/t16?,19-,20+/m0/s1. The Kier molecular flexibility index (Phi) is 5.84. The molecule has 0 amide bonds. The van der Waals surface area contributed by atoms with E-state index in [1.807, 2.05) is 30.3 Å². The van der Waals surface area contributed by atoms with Crippen LogP contribution in [-0.4, -0.2) is 51.7 Å². The molecule has 0 radical (unpaired) electrons. The fourth-order valence-corrected chi connectivity index (χ4v) is 5.95. The number of ether oxygens (including phenoxy) is 3. The molecule has 6 nitrogen and oxygen atoms in total. The molecule has 144 valence electrons. The first kappa shape index (κ1) is 19.8. The molecule has 3 atom stereocenters. The minimum absolute atomic E-state index is 0.00215. The fraction of sp³-hybridized carbons (Fsp3) is 0.450. The van der Waals surface area contributed by atoms with Crippen LogP contribution in [-0.2, 0) is 28.6 Å². The number of esters is 2. The Morgan fingerprint density at radius 1 is 1.22 bits per heavy atom. The maximum atomic E-state index is 12.8. The zero-order chi connectivity index (χ0) is 19.5. The molecule has 3 rings (SSSR count). The van der Waals surface area contributed by atoms with Crippen LogP contribution in [0.2, 0.25) is 4.82 Å². The van der Waals surface area contributed by atoms with E-state index in [1.54, 1.807) is 19.9 Å². The van der Waals surface area contributed by atoms with Gasteiger partial charge < -0.3 is 0 Å². The summed E-state index contributed by atoms with van der Waals surface area (Å²) in [4.78, 5) is 37.4. The van der Waals surface area contributed by atoms with Crippen LogP contribution in [0.1, 0.15) is 26.7 Å². The first-order chi connectivity index (χ1) is 12.9. The molecule has 7 heteroatoms. The van der Waals surface area contributed by atoms with E-state index in [1.165, 1.54) is 6.08 Å². The average Bonchev–Trinajstić information content (AvgIpc) is 2.92. The number of hydrogen-bond donors (Lipinski definition) is 0. The first-order valence-corrected chi connectivity index (χ1v) is 10.8. The van der Waals surface area contributed by atoms with Gasteiger partial charge in [0.05, 0.1) is 0 Å². The topological polar surface area (TPSA) is 78.9 Å². The van der Waals surface area contributed by atoms with Crippen LogP contribution < -0.4 is 4.46 Å². The fourth-order valence-electron chi connectivity index (χ4n) is 3.40. The van der Waals surface area contributed by atoms with Crippen molar-refractivity contribution in [2.45, 2.75) is 37.3 Å². The molecule has 1 saturated heterocycles. The third-order valence-electron chi connectivity index (χ3n) is 4.63. The molecule has 2 aliphatic rings. The van der Waals surface area contributed by atoms with Crippen molar-refractivity contribution >= 4 is 37.1 Å². The third kappa shape index (κ3) is 3.86. The summed E-state index contributed by atoms with van der Waals surface area (Å²) in [6.45, 7) is 3.76. The summed E-state index contributed by atoms with van der Waals surface area (Å²) < 4.78 is 17.2. The van der Waals surface area contributed by atoms with E-state index in [9.17, 15) is 14.4 Å². The van der Waals surface area contributed by atoms with E-state index in [-0.39, 0.29) is 45.2 Å². The van der Waals surface area contributed by atoms with E-state index in [0.29, 0.717) is 6.42 Å². The Hall–Kier alpha value is -1.95. The van der Waals surface area contributed by atoms with Crippen LogP contribution >= 0.6 is 0 Å². The van der Waals surface area contributed by atoms with Gasteiger partial charge in [0.25, 0.3) is 0 Å². The van der Waals surface area contributed by atoms with Gasteiger partial charge in [-0.25, -0.2) is 0 Å². The summed E-state index contributed by atoms with van der Waals surface area (Å²) in [5.41, 5.74) is -1.04. The second kappa shape index (κ2) is 7.97. The molecule has 1 aliphatic carbocycles. The van der Waals surface area contributed by atoms with Gasteiger partial charge >= 0.3 is 164 Å². The summed E-state index contributed by atoms with van der Waals surface area (Å²) in [7, 11) is 0. The van der Waals surface area contributed by atoms with Gasteiger partial charge in [0, 0.05) is 0 Å². The number of hydrogen-bond acceptors (Lipinski definition) is 6. The Morgan fingerprint density at radius 2 is 1.96 bits per heavy atom. The molecule has 0 bridgehead atoms. The summed E-state index contributed by atoms with van der Waals surface area (Å²) in [6.07, 6.45) is 3.36. The van der Waals surface area contributed by atoms with Crippen LogP contribution in [0, 0.1) is 5.41 Å². The number of ketones is 1. The molecular formula is C20H22O6Se. The molecule has 27 heavy (non-hydrogen) atoms. The molecule has 0 aromatic heterocycles. The summed E-state index contributed by atoms with van der Waals surface area (Å²) in [5.74, 6) is -2.98. The zero-order valence-electron chi connectivity index (χ0n) is 15.3. The second-order valence-corrected chi connectivity index (χ2v) is 9.17. The number of rotatable bonds is 6. The summed E-state index contributed by atoms with van der Waals surface area (Å²) in [6, 6.07) is 9.75. The van der Waals surface area contributed by atoms with Gasteiger partial charge in [0.15, 0.2) is 0 Å². The van der Waals surface area contributed by atoms with E-state index in [0.717, 1.165) is 4.46 Å². The van der Waals surface area contributed by atoms with Gasteiger partial charge in [-0.3, -0.25) is 0 Å². The van der Waals surface area contributed by atoms with Crippen LogP contribution in [0.4, 0.5) is 0 Å². The van der Waals surface area contributed by atoms with Crippen LogP contribution in [0.3, 0.4) is 0 Å². The molecule has 1 aliphatic heterocycles. The zero-order valence-corrected chi connectivity index (χ0v) is 17.0. The average molecular weight is 437 g/mol. The van der Waals surface area contributed by atoms with Crippen LogP contribution in [0.15, 0.2) is 42.5 Å². The first-order valence-electron chi connectivity index (χ1n) is 8.94. The van der Waals surface area contributed by atoms with Gasteiger partial charge in [0.2, 0.25) is 0 Å². The quantitative estimate of drug-likeness (QED) is 0.497. The monoisotopic (exact) mass is 438 g/mol. The van der Waals surface area contributed by atoms with Crippen molar-refractivity contribution in [2.75, 3.05) is 13.2 Å². The third-order valence-corrected chi connectivity index (χ3v) is 7.21. The number of cyclic esters (lactones) is 1. The van der Waals surface area contributed by atoms with Crippen molar-refractivity contribution in [3.05, 3.63) is 42.5 Å². The molecule has 1 heterocycles.